The summed E-state index contributed by atoms with van der Waals surface area (Å²) < 4.78 is 1.11. The molecule has 1 heterocycles. The molecule has 0 aliphatic rings. The lowest BCUT2D eigenvalue weighted by Crippen LogP contribution is -1.88. The summed E-state index contributed by atoms with van der Waals surface area (Å²) in [6.45, 7) is 0. The normalized spacial score (nSPS) is 10.9. The van der Waals surface area contributed by atoms with Crippen LogP contribution >= 0.6 is 39.3 Å². The summed E-state index contributed by atoms with van der Waals surface area (Å²) in [5, 5.41) is 1.71. The van der Waals surface area contributed by atoms with Crippen molar-refractivity contribution in [3.05, 3.63) is 69.8 Å². The highest BCUT2D eigenvalue weighted by molar-refractivity contribution is 9.10. The molecule has 3 rings (SSSR count). The van der Waals surface area contributed by atoms with Gasteiger partial charge in [0.25, 0.3) is 0 Å². The van der Waals surface area contributed by atoms with E-state index >= 15 is 0 Å². The number of pyridine rings is 1. The van der Waals surface area contributed by atoms with E-state index in [1.54, 1.807) is 11.8 Å². The van der Waals surface area contributed by atoms with Crippen LogP contribution in [0.25, 0.3) is 10.9 Å². The van der Waals surface area contributed by atoms with Gasteiger partial charge in [0.05, 0.1) is 5.52 Å². The quantitative estimate of drug-likeness (QED) is 0.421. The summed E-state index contributed by atoms with van der Waals surface area (Å²) in [6.07, 6.45) is 0. The molecule has 0 fully saturated rings. The van der Waals surface area contributed by atoms with Crippen LogP contribution in [0.5, 0.6) is 0 Å². The third-order valence-corrected chi connectivity index (χ3v) is 5.37. The van der Waals surface area contributed by atoms with E-state index in [0.717, 1.165) is 26.7 Å². The van der Waals surface area contributed by atoms with Crippen molar-refractivity contribution in [1.29, 1.82) is 0 Å². The molecule has 0 unspecified atom stereocenters. The molecule has 100 valence electrons. The number of thioether (sulfide) groups is 1. The standard InChI is InChI=1S/C16H11BrClNS/c17-13-6-2-4-8-15(13)20-10-12-9-11-5-1-3-7-14(11)19-16(12)18/h1-9H,10H2. The van der Waals surface area contributed by atoms with Crippen molar-refractivity contribution in [1.82, 2.24) is 4.98 Å². The minimum absolute atomic E-state index is 0.586. The highest BCUT2D eigenvalue weighted by atomic mass is 79.9. The predicted octanol–water partition coefficient (Wildman–Crippen LogP) is 5.94. The molecular formula is C16H11BrClNS. The minimum atomic E-state index is 0.586. The Kier molecular flexibility index (Phi) is 4.29. The average Bonchev–Trinajstić information content (AvgIpc) is 2.46. The van der Waals surface area contributed by atoms with E-state index in [9.17, 15) is 0 Å². The van der Waals surface area contributed by atoms with E-state index in [0.29, 0.717) is 5.15 Å². The number of hydrogen-bond acceptors (Lipinski definition) is 2. The third-order valence-electron chi connectivity index (χ3n) is 2.97. The number of halogens is 2. The van der Waals surface area contributed by atoms with Crippen LogP contribution in [-0.4, -0.2) is 4.98 Å². The number of hydrogen-bond donors (Lipinski definition) is 0. The summed E-state index contributed by atoms with van der Waals surface area (Å²) in [4.78, 5) is 5.66. The second kappa shape index (κ2) is 6.17. The van der Waals surface area contributed by atoms with Crippen molar-refractivity contribution in [2.24, 2.45) is 0 Å². The highest BCUT2D eigenvalue weighted by Crippen LogP contribution is 2.32. The molecule has 0 saturated heterocycles. The Labute approximate surface area is 135 Å². The lowest BCUT2D eigenvalue weighted by Gasteiger charge is -2.07. The van der Waals surface area contributed by atoms with Gasteiger partial charge in [-0.15, -0.1) is 11.8 Å². The maximum Gasteiger partial charge on any atom is 0.133 e. The Morgan fingerprint density at radius 2 is 1.80 bits per heavy atom. The van der Waals surface area contributed by atoms with Gasteiger partial charge in [-0.3, -0.25) is 0 Å². The van der Waals surface area contributed by atoms with Gasteiger partial charge in [-0.05, 0) is 40.2 Å². The van der Waals surface area contributed by atoms with Crippen molar-refractivity contribution < 1.29 is 0 Å². The van der Waals surface area contributed by atoms with Crippen LogP contribution in [-0.2, 0) is 5.75 Å². The molecule has 1 nitrogen and oxygen atoms in total. The van der Waals surface area contributed by atoms with Crippen LogP contribution in [0.3, 0.4) is 0 Å². The van der Waals surface area contributed by atoms with E-state index in [1.807, 2.05) is 36.4 Å². The van der Waals surface area contributed by atoms with E-state index in [4.69, 9.17) is 11.6 Å². The fourth-order valence-corrected chi connectivity index (χ4v) is 3.79. The topological polar surface area (TPSA) is 12.9 Å². The monoisotopic (exact) mass is 363 g/mol. The largest absolute Gasteiger partial charge is 0.236 e. The van der Waals surface area contributed by atoms with Crippen LogP contribution in [0.15, 0.2) is 64.0 Å². The molecule has 1 aromatic heterocycles. The van der Waals surface area contributed by atoms with Crippen molar-refractivity contribution in [3.8, 4) is 0 Å². The molecule has 0 atom stereocenters. The van der Waals surface area contributed by atoms with Gasteiger partial charge >= 0.3 is 0 Å². The second-order valence-electron chi connectivity index (χ2n) is 4.35. The molecule has 3 aromatic rings. The van der Waals surface area contributed by atoms with E-state index < -0.39 is 0 Å². The van der Waals surface area contributed by atoms with Gasteiger partial charge in [-0.25, -0.2) is 4.98 Å². The van der Waals surface area contributed by atoms with Gasteiger partial charge in [0, 0.05) is 26.1 Å². The molecule has 0 aliphatic heterocycles. The molecule has 0 saturated carbocycles. The molecule has 0 bridgehead atoms. The predicted molar refractivity (Wildman–Crippen MR) is 90.5 cm³/mol. The first-order valence-corrected chi connectivity index (χ1v) is 8.31. The van der Waals surface area contributed by atoms with Crippen LogP contribution in [0.1, 0.15) is 5.56 Å². The van der Waals surface area contributed by atoms with Crippen LogP contribution in [0, 0.1) is 0 Å². The van der Waals surface area contributed by atoms with Crippen molar-refractivity contribution in [3.63, 3.8) is 0 Å². The van der Waals surface area contributed by atoms with Crippen LogP contribution < -0.4 is 0 Å². The second-order valence-corrected chi connectivity index (χ2v) is 6.58. The number of aromatic nitrogens is 1. The van der Waals surface area contributed by atoms with Gasteiger partial charge < -0.3 is 0 Å². The van der Waals surface area contributed by atoms with Gasteiger partial charge in [0.15, 0.2) is 0 Å². The molecule has 4 heteroatoms. The Morgan fingerprint density at radius 3 is 2.65 bits per heavy atom. The lowest BCUT2D eigenvalue weighted by atomic mass is 10.2. The van der Waals surface area contributed by atoms with Crippen molar-refractivity contribution >= 4 is 50.2 Å². The summed E-state index contributed by atoms with van der Waals surface area (Å²) in [5.41, 5.74) is 2.00. The van der Waals surface area contributed by atoms with E-state index in [2.05, 4.69) is 39.1 Å². The highest BCUT2D eigenvalue weighted by Gasteiger charge is 2.06. The fraction of sp³-hybridized carbons (Fsp3) is 0.0625. The Bertz CT molecular complexity index is 760. The zero-order valence-corrected chi connectivity index (χ0v) is 13.7. The van der Waals surface area contributed by atoms with Crippen LogP contribution in [0.4, 0.5) is 0 Å². The van der Waals surface area contributed by atoms with Gasteiger partial charge in [-0.1, -0.05) is 41.9 Å². The maximum absolute atomic E-state index is 6.27. The number of para-hydroxylation sites is 1. The van der Waals surface area contributed by atoms with E-state index in [-0.39, 0.29) is 0 Å². The average molecular weight is 365 g/mol. The Balaban J connectivity index is 1.87. The molecule has 20 heavy (non-hydrogen) atoms. The van der Waals surface area contributed by atoms with Gasteiger partial charge in [-0.2, -0.15) is 0 Å². The summed E-state index contributed by atoms with van der Waals surface area (Å²) in [5.74, 6) is 0.805. The third kappa shape index (κ3) is 3.00. The van der Waals surface area contributed by atoms with E-state index in [1.165, 1.54) is 4.90 Å². The zero-order chi connectivity index (χ0) is 13.9. The molecule has 0 aliphatic carbocycles. The molecule has 0 radical (unpaired) electrons. The maximum atomic E-state index is 6.27. The molecule has 0 N–H and O–H groups in total. The smallest absolute Gasteiger partial charge is 0.133 e. The minimum Gasteiger partial charge on any atom is -0.236 e. The Hall–Kier alpha value is -1.03. The fourth-order valence-electron chi connectivity index (χ4n) is 1.95. The zero-order valence-electron chi connectivity index (χ0n) is 10.5. The summed E-state index contributed by atoms with van der Waals surface area (Å²) >= 11 is 11.6. The number of rotatable bonds is 3. The first-order chi connectivity index (χ1) is 9.74. The first kappa shape index (κ1) is 13.9. The SMILES string of the molecule is Clc1nc2ccccc2cc1CSc1ccccc1Br. The van der Waals surface area contributed by atoms with Gasteiger partial charge in [0.1, 0.15) is 5.15 Å². The number of fused-ring (bicyclic) bond motifs is 1. The molecule has 0 amide bonds. The number of benzene rings is 2. The summed E-state index contributed by atoms with van der Waals surface area (Å²) in [6, 6.07) is 18.3. The lowest BCUT2D eigenvalue weighted by molar-refractivity contribution is 1.30. The first-order valence-electron chi connectivity index (χ1n) is 6.15. The van der Waals surface area contributed by atoms with Crippen molar-refractivity contribution in [2.75, 3.05) is 0 Å². The van der Waals surface area contributed by atoms with Gasteiger partial charge in [0.2, 0.25) is 0 Å². The molecule has 0 spiro atoms. The molecular weight excluding hydrogens is 354 g/mol. The van der Waals surface area contributed by atoms with Crippen molar-refractivity contribution in [2.45, 2.75) is 10.6 Å². The van der Waals surface area contributed by atoms with Crippen LogP contribution in [0.2, 0.25) is 5.15 Å². The molecule has 2 aromatic carbocycles. The number of nitrogens with zero attached hydrogens (tertiary/aromatic N) is 1. The summed E-state index contributed by atoms with van der Waals surface area (Å²) in [7, 11) is 0. The Morgan fingerprint density at radius 1 is 1.05 bits per heavy atom.